The van der Waals surface area contributed by atoms with Gasteiger partial charge in [-0.15, -0.1) is 0 Å². The Hall–Kier alpha value is -2.86. The Bertz CT molecular complexity index is 970. The normalized spacial score (nSPS) is 12.5. The number of rotatable bonds is 6. The molecule has 3 rings (SSSR count). The molecule has 2 aromatic carbocycles. The summed E-state index contributed by atoms with van der Waals surface area (Å²) in [5, 5.41) is 3.45. The van der Waals surface area contributed by atoms with Gasteiger partial charge in [-0.1, -0.05) is 29.8 Å². The smallest absolute Gasteiger partial charge is 0.264 e. The fraction of sp³-hybridized carbons (Fsp3) is 0.238. The van der Waals surface area contributed by atoms with Crippen molar-refractivity contribution < 1.29 is 13.9 Å². The van der Waals surface area contributed by atoms with Gasteiger partial charge in [-0.05, 0) is 44.2 Å². The Morgan fingerprint density at radius 2 is 1.89 bits per heavy atom. The van der Waals surface area contributed by atoms with Crippen molar-refractivity contribution in [1.29, 1.82) is 0 Å². The van der Waals surface area contributed by atoms with Gasteiger partial charge in [-0.3, -0.25) is 4.79 Å². The quantitative estimate of drug-likeness (QED) is 0.670. The minimum absolute atomic E-state index is 0.326. The molecule has 0 unspecified atom stereocenters. The molecule has 0 aliphatic carbocycles. The van der Waals surface area contributed by atoms with Crippen LogP contribution in [0.1, 0.15) is 31.3 Å². The van der Waals surface area contributed by atoms with Crippen molar-refractivity contribution in [1.82, 2.24) is 14.9 Å². The zero-order chi connectivity index (χ0) is 20.3. The minimum Gasteiger partial charge on any atom is -0.478 e. The second kappa shape index (κ2) is 8.02. The number of halogens is 2. The molecule has 0 saturated heterocycles. The van der Waals surface area contributed by atoms with Gasteiger partial charge in [0.25, 0.3) is 5.91 Å². The van der Waals surface area contributed by atoms with E-state index in [0.717, 1.165) is 0 Å². The third-order valence-corrected chi connectivity index (χ3v) is 4.59. The van der Waals surface area contributed by atoms with Crippen molar-refractivity contribution in [3.63, 3.8) is 0 Å². The van der Waals surface area contributed by atoms with Crippen LogP contribution in [0.3, 0.4) is 0 Å². The Labute approximate surface area is 168 Å². The van der Waals surface area contributed by atoms with Crippen LogP contribution in [0.25, 0.3) is 0 Å². The number of ether oxygens (including phenoxy) is 1. The lowest BCUT2D eigenvalue weighted by molar-refractivity contribution is -0.134. The average molecular weight is 402 g/mol. The summed E-state index contributed by atoms with van der Waals surface area (Å²) in [7, 11) is 1.79. The Morgan fingerprint density at radius 1 is 1.21 bits per heavy atom. The van der Waals surface area contributed by atoms with Crippen LogP contribution in [0.15, 0.2) is 60.9 Å². The van der Waals surface area contributed by atoms with Crippen molar-refractivity contribution in [3.05, 3.63) is 83.2 Å². The second-order valence-corrected chi connectivity index (χ2v) is 7.33. The molecule has 0 saturated carbocycles. The van der Waals surface area contributed by atoms with Gasteiger partial charge < -0.3 is 14.6 Å². The number of nitrogens with one attached hydrogen (secondary N) is 1. The number of hydrogen-bond acceptors (Lipinski definition) is 3. The van der Waals surface area contributed by atoms with Crippen LogP contribution < -0.4 is 10.1 Å². The highest BCUT2D eigenvalue weighted by atomic mass is 35.5. The van der Waals surface area contributed by atoms with Gasteiger partial charge in [0, 0.05) is 30.0 Å². The average Bonchev–Trinajstić information content (AvgIpc) is 3.07. The summed E-state index contributed by atoms with van der Waals surface area (Å²) in [5.74, 6) is 0.190. The molecule has 5 nitrogen and oxygen atoms in total. The molecule has 1 aromatic heterocycles. The summed E-state index contributed by atoms with van der Waals surface area (Å²) in [5.41, 5.74) is -0.880. The van der Waals surface area contributed by atoms with E-state index in [2.05, 4.69) is 10.3 Å². The van der Waals surface area contributed by atoms with Crippen LogP contribution in [0.2, 0.25) is 5.02 Å². The minimum atomic E-state index is -1.21. The van der Waals surface area contributed by atoms with Crippen LogP contribution in [-0.4, -0.2) is 21.1 Å². The number of hydrogen-bond donors (Lipinski definition) is 1. The number of amides is 1. The zero-order valence-corrected chi connectivity index (χ0v) is 16.6. The zero-order valence-electron chi connectivity index (χ0n) is 15.8. The van der Waals surface area contributed by atoms with E-state index in [-0.39, 0.29) is 0 Å². The molecule has 0 aliphatic heterocycles. The molecule has 0 radical (unpaired) electrons. The lowest BCUT2D eigenvalue weighted by Crippen LogP contribution is -2.48. The van der Waals surface area contributed by atoms with E-state index < -0.39 is 23.4 Å². The lowest BCUT2D eigenvalue weighted by atomic mass is 10.0. The van der Waals surface area contributed by atoms with Gasteiger partial charge in [-0.2, -0.15) is 0 Å². The Kier molecular flexibility index (Phi) is 5.70. The fourth-order valence-corrected chi connectivity index (χ4v) is 2.92. The lowest BCUT2D eigenvalue weighted by Gasteiger charge is -2.28. The van der Waals surface area contributed by atoms with Crippen molar-refractivity contribution >= 4 is 17.5 Å². The standard InChI is InChI=1S/C21H21ClFN3O2/c1-21(2,28-15-10-8-14(22)9-11-15)20(27)25-18(19-24-12-13-26(19)3)16-6-4-5-7-17(16)23/h4-13,18H,1-3H3,(H,25,27)/t18-/m0/s1. The van der Waals surface area contributed by atoms with Crippen LogP contribution in [0.5, 0.6) is 5.75 Å². The molecule has 0 bridgehead atoms. The number of aromatic nitrogens is 2. The first kappa shape index (κ1) is 19.9. The maximum Gasteiger partial charge on any atom is 0.264 e. The van der Waals surface area contributed by atoms with Crippen molar-refractivity contribution in [2.24, 2.45) is 7.05 Å². The number of carbonyl (C=O) groups excluding carboxylic acids is 1. The molecule has 0 fully saturated rings. The van der Waals surface area contributed by atoms with Gasteiger partial charge in [-0.25, -0.2) is 9.37 Å². The van der Waals surface area contributed by atoms with Crippen molar-refractivity contribution in [2.75, 3.05) is 0 Å². The summed E-state index contributed by atoms with van der Waals surface area (Å²) in [6.07, 6.45) is 3.34. The largest absolute Gasteiger partial charge is 0.478 e. The first-order chi connectivity index (χ1) is 13.3. The highest BCUT2D eigenvalue weighted by Crippen LogP contribution is 2.26. The van der Waals surface area contributed by atoms with Gasteiger partial charge in [0.15, 0.2) is 5.60 Å². The Morgan fingerprint density at radius 3 is 2.50 bits per heavy atom. The molecule has 146 valence electrons. The predicted octanol–water partition coefficient (Wildman–Crippen LogP) is 4.28. The van der Waals surface area contributed by atoms with Gasteiger partial charge in [0.05, 0.1) is 0 Å². The maximum absolute atomic E-state index is 14.5. The van der Waals surface area contributed by atoms with Crippen LogP contribution in [0, 0.1) is 5.82 Å². The van der Waals surface area contributed by atoms with Crippen LogP contribution in [-0.2, 0) is 11.8 Å². The van der Waals surface area contributed by atoms with Gasteiger partial charge in [0.2, 0.25) is 0 Å². The van der Waals surface area contributed by atoms with Gasteiger partial charge in [0.1, 0.15) is 23.4 Å². The summed E-state index contributed by atoms with van der Waals surface area (Å²) >= 11 is 5.89. The van der Waals surface area contributed by atoms with E-state index >= 15 is 0 Å². The molecule has 0 spiro atoms. The third kappa shape index (κ3) is 4.34. The monoisotopic (exact) mass is 401 g/mol. The molecule has 1 amide bonds. The summed E-state index contributed by atoms with van der Waals surface area (Å²) in [6.45, 7) is 3.29. The second-order valence-electron chi connectivity index (χ2n) is 6.89. The van der Waals surface area contributed by atoms with Gasteiger partial charge >= 0.3 is 0 Å². The van der Waals surface area contributed by atoms with Crippen molar-refractivity contribution in [3.8, 4) is 5.75 Å². The van der Waals surface area contributed by atoms with E-state index in [0.29, 0.717) is 22.2 Å². The number of imidazole rings is 1. The maximum atomic E-state index is 14.5. The predicted molar refractivity (Wildman–Crippen MR) is 106 cm³/mol. The highest BCUT2D eigenvalue weighted by molar-refractivity contribution is 6.30. The first-order valence-corrected chi connectivity index (χ1v) is 9.13. The number of carbonyl (C=O) groups is 1. The number of nitrogens with zero attached hydrogens (tertiary/aromatic N) is 2. The molecule has 1 N–H and O–H groups in total. The molecule has 1 atom stereocenters. The SMILES string of the molecule is Cn1ccnc1[C@@H](NC(=O)C(C)(C)Oc1ccc(Cl)cc1)c1ccccc1F. The van der Waals surface area contributed by atoms with Crippen LogP contribution >= 0.6 is 11.6 Å². The molecule has 3 aromatic rings. The number of benzene rings is 2. The van der Waals surface area contributed by atoms with Crippen molar-refractivity contribution in [2.45, 2.75) is 25.5 Å². The Balaban J connectivity index is 1.87. The van der Waals surface area contributed by atoms with E-state index in [1.54, 1.807) is 80.3 Å². The fourth-order valence-electron chi connectivity index (χ4n) is 2.79. The van der Waals surface area contributed by atoms with E-state index in [9.17, 15) is 9.18 Å². The molecular weight excluding hydrogens is 381 g/mol. The first-order valence-electron chi connectivity index (χ1n) is 8.75. The topological polar surface area (TPSA) is 56.2 Å². The molecular formula is C21H21ClFN3O2. The van der Waals surface area contributed by atoms with E-state index in [1.807, 2.05) is 0 Å². The van der Waals surface area contributed by atoms with E-state index in [4.69, 9.17) is 16.3 Å². The summed E-state index contributed by atoms with van der Waals surface area (Å²) in [4.78, 5) is 17.3. The molecule has 1 heterocycles. The molecule has 7 heteroatoms. The number of aryl methyl sites for hydroxylation is 1. The molecule has 0 aliphatic rings. The summed E-state index contributed by atoms with van der Waals surface area (Å²) in [6, 6.07) is 12.3. The third-order valence-electron chi connectivity index (χ3n) is 4.34. The van der Waals surface area contributed by atoms with E-state index in [1.165, 1.54) is 6.07 Å². The highest BCUT2D eigenvalue weighted by Gasteiger charge is 2.34. The summed E-state index contributed by atoms with van der Waals surface area (Å²) < 4.78 is 22.0. The van der Waals surface area contributed by atoms with Crippen LogP contribution in [0.4, 0.5) is 4.39 Å². The molecule has 28 heavy (non-hydrogen) atoms.